The van der Waals surface area contributed by atoms with Crippen LogP contribution in [0.3, 0.4) is 0 Å². The third kappa shape index (κ3) is 3.74. The summed E-state index contributed by atoms with van der Waals surface area (Å²) in [5.74, 6) is -0.191. The second kappa shape index (κ2) is 7.65. The highest BCUT2D eigenvalue weighted by Crippen LogP contribution is 2.32. The Labute approximate surface area is 154 Å². The number of hydrogen-bond acceptors (Lipinski definition) is 2. The van der Waals surface area contributed by atoms with E-state index >= 15 is 0 Å². The van der Waals surface area contributed by atoms with Gasteiger partial charge in [0.15, 0.2) is 0 Å². The Kier molecular flexibility index (Phi) is 5.31. The predicted molar refractivity (Wildman–Crippen MR) is 104 cm³/mol. The van der Waals surface area contributed by atoms with Crippen molar-refractivity contribution in [2.24, 2.45) is 16.8 Å². The number of hydrogen-bond donors (Lipinski definition) is 1. The van der Waals surface area contributed by atoms with E-state index in [9.17, 15) is 9.59 Å². The number of fused-ring (bicyclic) bond motifs is 1. The third-order valence-corrected chi connectivity index (χ3v) is 4.84. The van der Waals surface area contributed by atoms with Crippen molar-refractivity contribution in [3.05, 3.63) is 71.5 Å². The third-order valence-electron chi connectivity index (χ3n) is 4.84. The monoisotopic (exact) mass is 348 g/mol. The van der Waals surface area contributed by atoms with Gasteiger partial charge in [0.25, 0.3) is 5.91 Å². The standard InChI is InChI=1S/C22H24N2O2/c1-4-17(15-8-6-5-7-9-15)22(26)23-16-10-11-18-19(14(2)3)13-21(25)24-20(18)12-16/h5-14,17-18H,4H2,1-3H3,(H,24,25). The van der Waals surface area contributed by atoms with E-state index < -0.39 is 0 Å². The van der Waals surface area contributed by atoms with Crippen molar-refractivity contribution in [3.63, 3.8) is 0 Å². The number of nitrogens with zero attached hydrogens (tertiary/aromatic N) is 1. The molecule has 0 aromatic heterocycles. The van der Waals surface area contributed by atoms with Crippen LogP contribution in [0.15, 0.2) is 70.9 Å². The van der Waals surface area contributed by atoms with E-state index in [0.717, 1.165) is 16.8 Å². The predicted octanol–water partition coefficient (Wildman–Crippen LogP) is 3.93. The SMILES string of the molecule is CCC(C(=O)N=C1C=CC2C(=C1)NC(=O)C=C2C(C)C)c1ccccc1. The lowest BCUT2D eigenvalue weighted by Gasteiger charge is -2.29. The van der Waals surface area contributed by atoms with E-state index in [1.54, 1.807) is 6.08 Å². The minimum Gasteiger partial charge on any atom is -0.325 e. The van der Waals surface area contributed by atoms with Crippen LogP contribution in [0.2, 0.25) is 0 Å². The lowest BCUT2D eigenvalue weighted by molar-refractivity contribution is -0.119. The van der Waals surface area contributed by atoms with Crippen LogP contribution >= 0.6 is 0 Å². The van der Waals surface area contributed by atoms with Crippen LogP contribution in [0.25, 0.3) is 0 Å². The number of allylic oxidation sites excluding steroid dienone is 3. The van der Waals surface area contributed by atoms with E-state index in [4.69, 9.17) is 0 Å². The fourth-order valence-electron chi connectivity index (χ4n) is 3.46. The fourth-order valence-corrected chi connectivity index (χ4v) is 3.46. The van der Waals surface area contributed by atoms with Crippen molar-refractivity contribution in [1.29, 1.82) is 0 Å². The number of nitrogens with one attached hydrogen (secondary N) is 1. The molecular formula is C22H24N2O2. The highest BCUT2D eigenvalue weighted by atomic mass is 16.2. The quantitative estimate of drug-likeness (QED) is 0.896. The summed E-state index contributed by atoms with van der Waals surface area (Å²) in [5, 5.41) is 2.88. The van der Waals surface area contributed by atoms with Gasteiger partial charge >= 0.3 is 0 Å². The zero-order valence-electron chi connectivity index (χ0n) is 15.4. The lowest BCUT2D eigenvalue weighted by Crippen LogP contribution is -2.34. The van der Waals surface area contributed by atoms with Gasteiger partial charge in [-0.15, -0.1) is 0 Å². The number of amides is 2. The van der Waals surface area contributed by atoms with Gasteiger partial charge in [-0.3, -0.25) is 9.59 Å². The van der Waals surface area contributed by atoms with Gasteiger partial charge in [-0.05, 0) is 35.6 Å². The van der Waals surface area contributed by atoms with Gasteiger partial charge in [0.1, 0.15) is 0 Å². The van der Waals surface area contributed by atoms with E-state index in [-0.39, 0.29) is 29.6 Å². The molecule has 0 bridgehead atoms. The van der Waals surface area contributed by atoms with Gasteiger partial charge in [-0.25, -0.2) is 4.99 Å². The molecule has 0 saturated carbocycles. The second-order valence-corrected chi connectivity index (χ2v) is 6.97. The van der Waals surface area contributed by atoms with Crippen LogP contribution in [-0.2, 0) is 9.59 Å². The highest BCUT2D eigenvalue weighted by Gasteiger charge is 2.28. The smallest absolute Gasteiger partial charge is 0.253 e. The van der Waals surface area contributed by atoms with Crippen LogP contribution in [0.5, 0.6) is 0 Å². The number of carbonyl (C=O) groups excluding carboxylic acids is 2. The fraction of sp³-hybridized carbons (Fsp3) is 0.318. The molecule has 1 heterocycles. The first-order valence-corrected chi connectivity index (χ1v) is 9.09. The van der Waals surface area contributed by atoms with Crippen molar-refractivity contribution in [2.75, 3.05) is 0 Å². The van der Waals surface area contributed by atoms with Gasteiger partial charge in [-0.1, -0.05) is 57.2 Å². The molecule has 0 spiro atoms. The van der Waals surface area contributed by atoms with Crippen LogP contribution in [0.1, 0.15) is 38.7 Å². The Morgan fingerprint density at radius 2 is 1.92 bits per heavy atom. The number of rotatable bonds is 4. The van der Waals surface area contributed by atoms with Crippen molar-refractivity contribution in [2.45, 2.75) is 33.1 Å². The minimum absolute atomic E-state index is 0.0536. The molecule has 4 heteroatoms. The molecule has 4 nitrogen and oxygen atoms in total. The summed E-state index contributed by atoms with van der Waals surface area (Å²) < 4.78 is 0. The Hall–Kier alpha value is -2.75. The summed E-state index contributed by atoms with van der Waals surface area (Å²) in [7, 11) is 0. The molecule has 0 fully saturated rings. The molecule has 134 valence electrons. The zero-order chi connectivity index (χ0) is 18.7. The van der Waals surface area contributed by atoms with E-state index in [1.165, 1.54) is 0 Å². The average Bonchev–Trinajstić information content (AvgIpc) is 2.62. The number of aliphatic imine (C=N–C) groups is 1. The van der Waals surface area contributed by atoms with Crippen LogP contribution in [0.4, 0.5) is 0 Å². The summed E-state index contributed by atoms with van der Waals surface area (Å²) in [6.07, 6.45) is 8.06. The van der Waals surface area contributed by atoms with Crippen LogP contribution in [0, 0.1) is 11.8 Å². The molecule has 2 atom stereocenters. The van der Waals surface area contributed by atoms with Gasteiger partial charge in [0.2, 0.25) is 5.91 Å². The highest BCUT2D eigenvalue weighted by molar-refractivity contribution is 6.12. The first-order valence-electron chi connectivity index (χ1n) is 9.09. The van der Waals surface area contributed by atoms with Crippen molar-refractivity contribution in [3.8, 4) is 0 Å². The maximum atomic E-state index is 12.7. The Morgan fingerprint density at radius 3 is 2.58 bits per heavy atom. The largest absolute Gasteiger partial charge is 0.325 e. The molecule has 26 heavy (non-hydrogen) atoms. The second-order valence-electron chi connectivity index (χ2n) is 6.97. The molecule has 1 N–H and O–H groups in total. The van der Waals surface area contributed by atoms with Crippen LogP contribution < -0.4 is 5.32 Å². The van der Waals surface area contributed by atoms with Gasteiger partial charge in [0.05, 0.1) is 11.6 Å². The maximum Gasteiger partial charge on any atom is 0.253 e. The van der Waals surface area contributed by atoms with E-state index in [0.29, 0.717) is 12.1 Å². The number of benzene rings is 1. The van der Waals surface area contributed by atoms with Crippen LogP contribution in [-0.4, -0.2) is 17.5 Å². The molecule has 0 radical (unpaired) electrons. The molecule has 3 rings (SSSR count). The normalized spacial score (nSPS) is 21.8. The Bertz CT molecular complexity index is 829. The summed E-state index contributed by atoms with van der Waals surface area (Å²) >= 11 is 0. The average molecular weight is 348 g/mol. The molecule has 1 aromatic rings. The first kappa shape index (κ1) is 18.1. The summed E-state index contributed by atoms with van der Waals surface area (Å²) in [4.78, 5) is 28.9. The first-order chi connectivity index (χ1) is 12.5. The van der Waals surface area contributed by atoms with Crippen molar-refractivity contribution in [1.82, 2.24) is 5.32 Å². The van der Waals surface area contributed by atoms with Gasteiger partial charge in [-0.2, -0.15) is 0 Å². The molecule has 2 amide bonds. The maximum absolute atomic E-state index is 12.7. The zero-order valence-corrected chi connectivity index (χ0v) is 15.4. The molecule has 2 aliphatic rings. The van der Waals surface area contributed by atoms with Crippen molar-refractivity contribution >= 4 is 17.5 Å². The van der Waals surface area contributed by atoms with Gasteiger partial charge < -0.3 is 5.32 Å². The lowest BCUT2D eigenvalue weighted by atomic mass is 9.82. The molecule has 1 aliphatic carbocycles. The molecular weight excluding hydrogens is 324 g/mol. The van der Waals surface area contributed by atoms with Crippen molar-refractivity contribution < 1.29 is 9.59 Å². The van der Waals surface area contributed by atoms with E-state index in [2.05, 4.69) is 24.2 Å². The summed E-state index contributed by atoms with van der Waals surface area (Å²) in [6.45, 7) is 6.14. The minimum atomic E-state index is -0.250. The number of carbonyl (C=O) groups is 2. The Morgan fingerprint density at radius 1 is 1.19 bits per heavy atom. The molecule has 0 saturated heterocycles. The van der Waals surface area contributed by atoms with Gasteiger partial charge in [0, 0.05) is 17.7 Å². The van der Waals surface area contributed by atoms with E-state index in [1.807, 2.05) is 55.5 Å². The molecule has 2 unspecified atom stereocenters. The topological polar surface area (TPSA) is 58.5 Å². The molecule has 1 aliphatic heterocycles. The summed E-state index contributed by atoms with van der Waals surface area (Å²) in [6, 6.07) is 9.72. The molecule has 1 aromatic carbocycles. The summed E-state index contributed by atoms with van der Waals surface area (Å²) in [5.41, 5.74) is 3.44. The Balaban J connectivity index is 1.85.